The molecule has 1 aliphatic heterocycles. The zero-order chi connectivity index (χ0) is 13.9. The normalized spacial score (nSPS) is 32.8. The molecule has 5 nitrogen and oxygen atoms in total. The molecule has 110 valence electrons. The second-order valence-corrected chi connectivity index (χ2v) is 7.28. The summed E-state index contributed by atoms with van der Waals surface area (Å²) in [5, 5.41) is 1.05. The molecule has 2 fully saturated rings. The number of sulfone groups is 1. The minimum Gasteiger partial charge on any atom is -0.381 e. The second-order valence-electron chi connectivity index (χ2n) is 5.22. The van der Waals surface area contributed by atoms with Crippen LogP contribution < -0.4 is 0 Å². The lowest BCUT2D eigenvalue weighted by molar-refractivity contribution is -0.111. The first-order valence-corrected chi connectivity index (χ1v) is 8.51. The molecule has 6 heteroatoms. The molecule has 0 N–H and O–H groups in total. The summed E-state index contributed by atoms with van der Waals surface area (Å²) in [6, 6.07) is 0.285. The van der Waals surface area contributed by atoms with Gasteiger partial charge in [-0.05, 0) is 19.3 Å². The van der Waals surface area contributed by atoms with Gasteiger partial charge >= 0.3 is 0 Å². The lowest BCUT2D eigenvalue weighted by Gasteiger charge is -2.45. The van der Waals surface area contributed by atoms with Crippen LogP contribution in [0, 0.1) is 0 Å². The van der Waals surface area contributed by atoms with Crippen LogP contribution in [-0.2, 0) is 19.3 Å². The summed E-state index contributed by atoms with van der Waals surface area (Å²) >= 11 is 0. The number of hydrogen-bond donors (Lipinski definition) is 0. The van der Waals surface area contributed by atoms with Crippen LogP contribution in [-0.4, -0.2) is 64.1 Å². The maximum absolute atomic E-state index is 11.5. The molecule has 19 heavy (non-hydrogen) atoms. The van der Waals surface area contributed by atoms with Gasteiger partial charge in [0.2, 0.25) is 0 Å². The Balaban J connectivity index is 1.97. The third-order valence-corrected chi connectivity index (χ3v) is 5.40. The molecule has 3 atom stereocenters. The van der Waals surface area contributed by atoms with Crippen LogP contribution in [0.15, 0.2) is 12.0 Å². The molecule has 3 unspecified atom stereocenters. The maximum Gasteiger partial charge on any atom is 0.172 e. The first kappa shape index (κ1) is 15.0. The minimum atomic E-state index is -3.13. The van der Waals surface area contributed by atoms with Gasteiger partial charge in [0.05, 0.1) is 24.6 Å². The predicted octanol–water partition coefficient (Wildman–Crippen LogP) is 0.813. The quantitative estimate of drug-likeness (QED) is 0.750. The molecule has 0 aromatic carbocycles. The highest BCUT2D eigenvalue weighted by molar-refractivity contribution is 7.94. The zero-order valence-corrected chi connectivity index (χ0v) is 12.3. The summed E-state index contributed by atoms with van der Waals surface area (Å²) < 4.78 is 34.3. The molecule has 0 spiro atoms. The maximum atomic E-state index is 11.5. The van der Waals surface area contributed by atoms with Crippen LogP contribution in [0.25, 0.3) is 0 Å². The van der Waals surface area contributed by atoms with Crippen molar-refractivity contribution in [3.05, 3.63) is 12.0 Å². The van der Waals surface area contributed by atoms with Crippen LogP contribution in [0.4, 0.5) is 0 Å². The third kappa shape index (κ3) is 3.78. The van der Waals surface area contributed by atoms with Crippen LogP contribution >= 0.6 is 0 Å². The molecule has 1 saturated heterocycles. The third-order valence-electron chi connectivity index (χ3n) is 4.14. The zero-order valence-electron chi connectivity index (χ0n) is 11.5. The van der Waals surface area contributed by atoms with Gasteiger partial charge in [-0.3, -0.25) is 4.90 Å². The number of morpholine rings is 1. The molecule has 0 radical (unpaired) electrons. The Hall–Kier alpha value is -0.430. The average Bonchev–Trinajstić information content (AvgIpc) is 2.44. The van der Waals surface area contributed by atoms with E-state index in [1.54, 1.807) is 7.11 Å². The Morgan fingerprint density at radius 2 is 2.26 bits per heavy atom. The van der Waals surface area contributed by atoms with Gasteiger partial charge in [0, 0.05) is 31.6 Å². The predicted molar refractivity (Wildman–Crippen MR) is 73.7 cm³/mol. The molecule has 0 aromatic rings. The van der Waals surface area contributed by atoms with Crippen molar-refractivity contribution >= 4 is 9.84 Å². The van der Waals surface area contributed by atoms with Gasteiger partial charge in [0.1, 0.15) is 0 Å². The first-order valence-electron chi connectivity index (χ1n) is 6.79. The van der Waals surface area contributed by atoms with E-state index in [1.807, 2.05) is 0 Å². The second kappa shape index (κ2) is 6.35. The van der Waals surface area contributed by atoms with Crippen molar-refractivity contribution < 1.29 is 17.9 Å². The fourth-order valence-corrected chi connectivity index (χ4v) is 3.62. The molecule has 1 saturated carbocycles. The first-order chi connectivity index (χ1) is 9.05. The molecule has 1 aliphatic carbocycles. The van der Waals surface area contributed by atoms with Crippen LogP contribution in [0.2, 0.25) is 0 Å². The van der Waals surface area contributed by atoms with Gasteiger partial charge in [0.15, 0.2) is 9.84 Å². The lowest BCUT2D eigenvalue weighted by Crippen LogP contribution is -2.55. The van der Waals surface area contributed by atoms with Gasteiger partial charge in [-0.25, -0.2) is 8.42 Å². The molecule has 2 rings (SSSR count). The standard InChI is InChI=1S/C13H23NO4S/c1-3-19(15,16)9-7-14-6-8-18-13-5-4-11(17-2)10-12(13)14/h3,11-13H,1,4-10H2,2H3. The minimum absolute atomic E-state index is 0.136. The van der Waals surface area contributed by atoms with E-state index in [-0.39, 0.29) is 24.0 Å². The Kier molecular flexibility index (Phi) is 5.00. The SMILES string of the molecule is C=CS(=O)(=O)CCN1CCOC2CCC(OC)CC21. The van der Waals surface area contributed by atoms with Gasteiger partial charge < -0.3 is 9.47 Å². The average molecular weight is 289 g/mol. The van der Waals surface area contributed by atoms with E-state index in [0.29, 0.717) is 13.2 Å². The van der Waals surface area contributed by atoms with E-state index in [9.17, 15) is 8.42 Å². The number of ether oxygens (including phenoxy) is 2. The monoisotopic (exact) mass is 289 g/mol. The largest absolute Gasteiger partial charge is 0.381 e. The summed E-state index contributed by atoms with van der Waals surface area (Å²) in [7, 11) is -1.39. The van der Waals surface area contributed by atoms with Gasteiger partial charge in [0.25, 0.3) is 0 Å². The van der Waals surface area contributed by atoms with Crippen molar-refractivity contribution in [2.45, 2.75) is 37.5 Å². The van der Waals surface area contributed by atoms with E-state index >= 15 is 0 Å². The van der Waals surface area contributed by atoms with Crippen molar-refractivity contribution in [1.82, 2.24) is 4.90 Å². The summed E-state index contributed by atoms with van der Waals surface area (Å²) in [4.78, 5) is 2.24. The van der Waals surface area contributed by atoms with Gasteiger partial charge in [-0.1, -0.05) is 6.58 Å². The number of methoxy groups -OCH3 is 1. The Morgan fingerprint density at radius 3 is 2.95 bits per heavy atom. The van der Waals surface area contributed by atoms with E-state index in [0.717, 1.165) is 31.2 Å². The van der Waals surface area contributed by atoms with E-state index in [4.69, 9.17) is 9.47 Å². The van der Waals surface area contributed by atoms with Crippen molar-refractivity contribution in [2.24, 2.45) is 0 Å². The fourth-order valence-electron chi connectivity index (χ4n) is 2.97. The number of nitrogens with zero attached hydrogens (tertiary/aromatic N) is 1. The van der Waals surface area contributed by atoms with Crippen LogP contribution in [0.3, 0.4) is 0 Å². The van der Waals surface area contributed by atoms with Crippen LogP contribution in [0.1, 0.15) is 19.3 Å². The van der Waals surface area contributed by atoms with Gasteiger partial charge in [-0.2, -0.15) is 0 Å². The topological polar surface area (TPSA) is 55.8 Å². The van der Waals surface area contributed by atoms with E-state index < -0.39 is 9.84 Å². The van der Waals surface area contributed by atoms with Crippen LogP contribution in [0.5, 0.6) is 0 Å². The highest BCUT2D eigenvalue weighted by Crippen LogP contribution is 2.29. The Morgan fingerprint density at radius 1 is 1.47 bits per heavy atom. The highest BCUT2D eigenvalue weighted by atomic mass is 32.2. The number of fused-ring (bicyclic) bond motifs is 1. The smallest absolute Gasteiger partial charge is 0.172 e. The van der Waals surface area contributed by atoms with Crippen molar-refractivity contribution in [2.75, 3.05) is 32.6 Å². The fraction of sp³-hybridized carbons (Fsp3) is 0.846. The van der Waals surface area contributed by atoms with Gasteiger partial charge in [-0.15, -0.1) is 0 Å². The Bertz CT molecular complexity index is 409. The van der Waals surface area contributed by atoms with Crippen molar-refractivity contribution in [3.63, 3.8) is 0 Å². The van der Waals surface area contributed by atoms with Crippen molar-refractivity contribution in [3.8, 4) is 0 Å². The summed E-state index contributed by atoms with van der Waals surface area (Å²) in [6.07, 6.45) is 3.44. The lowest BCUT2D eigenvalue weighted by atomic mass is 9.88. The number of hydrogen-bond acceptors (Lipinski definition) is 5. The number of rotatable bonds is 5. The molecule has 0 aromatic heterocycles. The van der Waals surface area contributed by atoms with Crippen molar-refractivity contribution in [1.29, 1.82) is 0 Å². The Labute approximate surface area is 115 Å². The molecule has 1 heterocycles. The molecular weight excluding hydrogens is 266 g/mol. The molecule has 2 aliphatic rings. The highest BCUT2D eigenvalue weighted by Gasteiger charge is 2.37. The summed E-state index contributed by atoms with van der Waals surface area (Å²) in [5.74, 6) is 0.136. The summed E-state index contributed by atoms with van der Waals surface area (Å²) in [5.41, 5.74) is 0. The molecular formula is C13H23NO4S. The van der Waals surface area contributed by atoms with E-state index in [2.05, 4.69) is 11.5 Å². The molecule has 0 amide bonds. The summed E-state index contributed by atoms with van der Waals surface area (Å²) in [6.45, 7) is 5.39. The van der Waals surface area contributed by atoms with E-state index in [1.165, 1.54) is 0 Å². The molecule has 0 bridgehead atoms.